The molecule has 142 valence electrons. The first-order chi connectivity index (χ1) is 12.7. The summed E-state index contributed by atoms with van der Waals surface area (Å²) in [5, 5.41) is 9.67. The summed E-state index contributed by atoms with van der Waals surface area (Å²) in [6.45, 7) is 6.98. The van der Waals surface area contributed by atoms with Crippen molar-refractivity contribution in [3.8, 4) is 10.6 Å². The summed E-state index contributed by atoms with van der Waals surface area (Å²) in [7, 11) is 1.79. The van der Waals surface area contributed by atoms with Gasteiger partial charge in [-0.1, -0.05) is 6.07 Å². The quantitative estimate of drug-likeness (QED) is 0.697. The normalized spacial score (nSPS) is 11.6. The predicted molar refractivity (Wildman–Crippen MR) is 105 cm³/mol. The maximum atomic E-state index is 12.8. The van der Waals surface area contributed by atoms with E-state index in [9.17, 15) is 9.59 Å². The highest BCUT2D eigenvalue weighted by Gasteiger charge is 2.21. The van der Waals surface area contributed by atoms with Crippen molar-refractivity contribution >= 4 is 34.2 Å². The molecule has 8 heteroatoms. The third-order valence-electron chi connectivity index (χ3n) is 3.80. The van der Waals surface area contributed by atoms with Gasteiger partial charge in [-0.3, -0.25) is 14.3 Å². The second-order valence-corrected chi connectivity index (χ2v) is 8.16. The van der Waals surface area contributed by atoms with E-state index in [1.54, 1.807) is 49.9 Å². The first-order valence-corrected chi connectivity index (χ1v) is 9.42. The lowest BCUT2D eigenvalue weighted by Crippen LogP contribution is -2.34. The number of hydrogen-bond donors (Lipinski definition) is 1. The predicted octanol–water partition coefficient (Wildman–Crippen LogP) is 3.08. The lowest BCUT2D eigenvalue weighted by molar-refractivity contribution is -0.153. The van der Waals surface area contributed by atoms with Gasteiger partial charge in [0.25, 0.3) is 5.91 Å². The third-order valence-corrected chi connectivity index (χ3v) is 4.69. The molecular formula is C19H22N4O3S. The number of ether oxygens (including phenoxy) is 1. The zero-order valence-electron chi connectivity index (χ0n) is 16.0. The number of esters is 1. The molecule has 0 spiro atoms. The van der Waals surface area contributed by atoms with Crippen LogP contribution >= 0.6 is 11.3 Å². The van der Waals surface area contributed by atoms with Crippen LogP contribution in [0.2, 0.25) is 0 Å². The topological polar surface area (TPSA) is 86.1 Å². The highest BCUT2D eigenvalue weighted by molar-refractivity contribution is 7.13. The molecule has 0 saturated carbocycles. The van der Waals surface area contributed by atoms with Gasteiger partial charge in [0, 0.05) is 7.05 Å². The van der Waals surface area contributed by atoms with E-state index in [0.717, 1.165) is 4.88 Å². The molecule has 1 amide bonds. The third kappa shape index (κ3) is 4.16. The molecular weight excluding hydrogens is 364 g/mol. The van der Waals surface area contributed by atoms with E-state index in [2.05, 4.69) is 15.4 Å². The van der Waals surface area contributed by atoms with Crippen LogP contribution in [-0.2, 0) is 16.6 Å². The van der Waals surface area contributed by atoms with Crippen LogP contribution in [0.3, 0.4) is 0 Å². The van der Waals surface area contributed by atoms with Crippen LogP contribution in [0.15, 0.2) is 23.6 Å². The Morgan fingerprint density at radius 2 is 2.07 bits per heavy atom. The largest absolute Gasteiger partial charge is 0.459 e. The second-order valence-electron chi connectivity index (χ2n) is 7.21. The van der Waals surface area contributed by atoms with E-state index in [1.807, 2.05) is 24.4 Å². The number of aryl methyl sites for hydroxylation is 2. The maximum Gasteiger partial charge on any atom is 0.325 e. The minimum atomic E-state index is -0.599. The van der Waals surface area contributed by atoms with E-state index in [0.29, 0.717) is 28.0 Å². The summed E-state index contributed by atoms with van der Waals surface area (Å²) >= 11 is 1.54. The Morgan fingerprint density at radius 3 is 2.70 bits per heavy atom. The average Bonchev–Trinajstić information content (AvgIpc) is 3.19. The molecule has 0 saturated heterocycles. The number of pyridine rings is 1. The lowest BCUT2D eigenvalue weighted by Gasteiger charge is -2.19. The molecule has 0 aliphatic heterocycles. The van der Waals surface area contributed by atoms with E-state index in [1.165, 1.54) is 0 Å². The van der Waals surface area contributed by atoms with Gasteiger partial charge in [-0.25, -0.2) is 4.98 Å². The minimum Gasteiger partial charge on any atom is -0.459 e. The van der Waals surface area contributed by atoms with Crippen molar-refractivity contribution in [1.82, 2.24) is 20.1 Å². The van der Waals surface area contributed by atoms with Crippen LogP contribution in [0.1, 0.15) is 36.8 Å². The Labute approximate surface area is 161 Å². The number of nitrogens with zero attached hydrogens (tertiary/aromatic N) is 3. The second kappa shape index (κ2) is 7.11. The fourth-order valence-corrected chi connectivity index (χ4v) is 3.49. The van der Waals surface area contributed by atoms with Gasteiger partial charge in [-0.05, 0) is 45.2 Å². The molecule has 3 heterocycles. The van der Waals surface area contributed by atoms with E-state index in [4.69, 9.17) is 4.74 Å². The Morgan fingerprint density at radius 1 is 1.33 bits per heavy atom. The first-order valence-electron chi connectivity index (χ1n) is 8.54. The molecule has 0 aromatic carbocycles. The van der Waals surface area contributed by atoms with Crippen LogP contribution in [-0.4, -0.2) is 38.8 Å². The Kier molecular flexibility index (Phi) is 5.01. The average molecular weight is 386 g/mol. The van der Waals surface area contributed by atoms with E-state index >= 15 is 0 Å². The lowest BCUT2D eigenvalue weighted by atomic mass is 10.1. The van der Waals surface area contributed by atoms with Crippen LogP contribution in [0.4, 0.5) is 0 Å². The number of rotatable bonds is 4. The van der Waals surface area contributed by atoms with Gasteiger partial charge in [-0.15, -0.1) is 11.3 Å². The number of thiophene rings is 1. The number of hydrogen-bond acceptors (Lipinski definition) is 6. The highest BCUT2D eigenvalue weighted by Crippen LogP contribution is 2.29. The van der Waals surface area contributed by atoms with Crippen molar-refractivity contribution in [2.45, 2.75) is 33.3 Å². The van der Waals surface area contributed by atoms with Crippen molar-refractivity contribution in [2.24, 2.45) is 7.05 Å². The molecule has 3 rings (SSSR count). The van der Waals surface area contributed by atoms with E-state index < -0.39 is 11.6 Å². The first kappa shape index (κ1) is 19.0. The number of aromatic nitrogens is 3. The molecule has 0 unspecified atom stereocenters. The van der Waals surface area contributed by atoms with Gasteiger partial charge < -0.3 is 10.1 Å². The molecule has 0 bridgehead atoms. The SMILES string of the molecule is Cc1nn(C)c2nc(-c3cccs3)cc(C(=O)NCC(=O)OC(C)(C)C)c12. The molecule has 0 atom stereocenters. The van der Waals surface area contributed by atoms with E-state index in [-0.39, 0.29) is 12.5 Å². The number of nitrogens with one attached hydrogen (secondary N) is 1. The van der Waals surface area contributed by atoms with Gasteiger partial charge in [0.1, 0.15) is 12.1 Å². The Bertz CT molecular complexity index is 1000. The van der Waals surface area contributed by atoms with Crippen LogP contribution in [0.5, 0.6) is 0 Å². The standard InChI is InChI=1S/C19H22N4O3S/c1-11-16-12(18(25)20-10-15(24)26-19(2,3)4)9-13(14-7-6-8-27-14)21-17(16)23(5)22-11/h6-9H,10H2,1-5H3,(H,20,25). The zero-order chi connectivity index (χ0) is 19.8. The smallest absolute Gasteiger partial charge is 0.325 e. The van der Waals surface area contributed by atoms with Crippen molar-refractivity contribution in [3.63, 3.8) is 0 Å². The summed E-state index contributed by atoms with van der Waals surface area (Å²) in [5.74, 6) is -0.843. The van der Waals surface area contributed by atoms with Gasteiger partial charge in [-0.2, -0.15) is 5.10 Å². The fraction of sp³-hybridized carbons (Fsp3) is 0.368. The summed E-state index contributed by atoms with van der Waals surface area (Å²) in [5.41, 5.74) is 1.87. The summed E-state index contributed by atoms with van der Waals surface area (Å²) in [4.78, 5) is 30.4. The molecule has 0 radical (unpaired) electrons. The van der Waals surface area contributed by atoms with Crippen molar-refractivity contribution in [3.05, 3.63) is 34.8 Å². The molecule has 3 aromatic rings. The molecule has 0 aliphatic carbocycles. The van der Waals surface area contributed by atoms with Crippen molar-refractivity contribution in [1.29, 1.82) is 0 Å². The summed E-state index contributed by atoms with van der Waals surface area (Å²) in [6.07, 6.45) is 0. The molecule has 1 N–H and O–H groups in total. The molecule has 0 fully saturated rings. The number of fused-ring (bicyclic) bond motifs is 1. The van der Waals surface area contributed by atoms with Gasteiger partial charge >= 0.3 is 5.97 Å². The van der Waals surface area contributed by atoms with Gasteiger partial charge in [0.15, 0.2) is 5.65 Å². The number of carbonyl (C=O) groups is 2. The van der Waals surface area contributed by atoms with Crippen molar-refractivity contribution in [2.75, 3.05) is 6.54 Å². The van der Waals surface area contributed by atoms with Crippen molar-refractivity contribution < 1.29 is 14.3 Å². The van der Waals surface area contributed by atoms with Gasteiger partial charge in [0.05, 0.1) is 27.2 Å². The zero-order valence-corrected chi connectivity index (χ0v) is 16.8. The monoisotopic (exact) mass is 386 g/mol. The molecule has 0 aliphatic rings. The summed E-state index contributed by atoms with van der Waals surface area (Å²) < 4.78 is 6.90. The number of carbonyl (C=O) groups excluding carboxylic acids is 2. The summed E-state index contributed by atoms with van der Waals surface area (Å²) in [6, 6.07) is 5.63. The van der Waals surface area contributed by atoms with Gasteiger partial charge in [0.2, 0.25) is 0 Å². The molecule has 3 aromatic heterocycles. The fourth-order valence-electron chi connectivity index (χ4n) is 2.80. The highest BCUT2D eigenvalue weighted by atomic mass is 32.1. The Hall–Kier alpha value is -2.74. The van der Waals surface area contributed by atoms with Crippen LogP contribution in [0, 0.1) is 6.92 Å². The molecule has 27 heavy (non-hydrogen) atoms. The molecule has 7 nitrogen and oxygen atoms in total. The Balaban J connectivity index is 1.95. The number of amides is 1. The van der Waals surface area contributed by atoms with Crippen LogP contribution < -0.4 is 5.32 Å². The maximum absolute atomic E-state index is 12.8. The minimum absolute atomic E-state index is 0.201. The van der Waals surface area contributed by atoms with Crippen LogP contribution in [0.25, 0.3) is 21.6 Å².